The number of nitrogens with zero attached hydrogens (tertiary/aromatic N) is 4. The summed E-state index contributed by atoms with van der Waals surface area (Å²) in [5.74, 6) is 0.495. The van der Waals surface area contributed by atoms with E-state index >= 15 is 0 Å². The Morgan fingerprint density at radius 1 is 0.895 bits per heavy atom. The number of aromatic nitrogens is 5. The van der Waals surface area contributed by atoms with Crippen LogP contribution in [0.5, 0.6) is 0 Å². The molecule has 0 aliphatic rings. The molecule has 2 aromatic heterocycles. The Bertz CT molecular complexity index is 674. The topological polar surface area (TPSA) is 67.3 Å². The number of hydrogen-bond donors (Lipinski definition) is 1. The first-order chi connectivity index (χ1) is 9.42. The van der Waals surface area contributed by atoms with Crippen molar-refractivity contribution in [1.29, 1.82) is 0 Å². The van der Waals surface area contributed by atoms with E-state index in [1.54, 1.807) is 0 Å². The van der Waals surface area contributed by atoms with Crippen LogP contribution in [0, 0.1) is 0 Å². The Hall–Kier alpha value is -2.82. The minimum absolute atomic E-state index is 0.495. The van der Waals surface area contributed by atoms with Crippen LogP contribution in [0.1, 0.15) is 11.3 Å². The average Bonchev–Trinajstić information content (AvgIpc) is 3.01. The normalized spacial score (nSPS) is 10.9. The fraction of sp³-hybridized carbons (Fsp3) is 0. The lowest BCUT2D eigenvalue weighted by Gasteiger charge is -1.96. The molecule has 3 rings (SSSR count). The molecule has 0 saturated carbocycles. The van der Waals surface area contributed by atoms with Crippen molar-refractivity contribution in [2.45, 2.75) is 0 Å². The highest BCUT2D eigenvalue weighted by Crippen LogP contribution is 2.12. The lowest BCUT2D eigenvalue weighted by Crippen LogP contribution is -1.88. The van der Waals surface area contributed by atoms with Gasteiger partial charge in [-0.1, -0.05) is 42.5 Å². The van der Waals surface area contributed by atoms with Gasteiger partial charge in [-0.05, 0) is 29.0 Å². The molecule has 0 spiro atoms. The van der Waals surface area contributed by atoms with Crippen LogP contribution in [0.3, 0.4) is 0 Å². The third-order valence-electron chi connectivity index (χ3n) is 2.59. The fourth-order valence-corrected chi connectivity index (χ4v) is 1.68. The van der Waals surface area contributed by atoms with Crippen molar-refractivity contribution in [1.82, 2.24) is 25.6 Å². The molecule has 0 unspecified atom stereocenters. The SMILES string of the molecule is C(=C\c1cccc(-c2nn[nH]n2)n1)/c1ccccc1. The zero-order chi connectivity index (χ0) is 12.9. The van der Waals surface area contributed by atoms with Crippen molar-refractivity contribution < 1.29 is 0 Å². The molecule has 0 fully saturated rings. The molecule has 3 aromatic rings. The number of pyridine rings is 1. The van der Waals surface area contributed by atoms with Gasteiger partial charge in [-0.15, -0.1) is 10.2 Å². The third-order valence-corrected chi connectivity index (χ3v) is 2.59. The first kappa shape index (κ1) is 11.3. The van der Waals surface area contributed by atoms with Gasteiger partial charge in [0.25, 0.3) is 0 Å². The van der Waals surface area contributed by atoms with Crippen molar-refractivity contribution in [2.24, 2.45) is 0 Å². The molecular weight excluding hydrogens is 238 g/mol. The summed E-state index contributed by atoms with van der Waals surface area (Å²) >= 11 is 0. The smallest absolute Gasteiger partial charge is 0.222 e. The van der Waals surface area contributed by atoms with Gasteiger partial charge in [0.05, 0.1) is 5.69 Å². The van der Waals surface area contributed by atoms with E-state index in [9.17, 15) is 0 Å². The Morgan fingerprint density at radius 2 is 1.79 bits per heavy atom. The van der Waals surface area contributed by atoms with Gasteiger partial charge in [-0.25, -0.2) is 4.98 Å². The number of tetrazole rings is 1. The maximum Gasteiger partial charge on any atom is 0.222 e. The lowest BCUT2D eigenvalue weighted by molar-refractivity contribution is 0.881. The van der Waals surface area contributed by atoms with Gasteiger partial charge in [-0.3, -0.25) is 0 Å². The first-order valence-electron chi connectivity index (χ1n) is 5.86. The zero-order valence-electron chi connectivity index (χ0n) is 10.1. The second-order valence-corrected chi connectivity index (χ2v) is 3.93. The van der Waals surface area contributed by atoms with Crippen molar-refractivity contribution in [3.05, 3.63) is 59.8 Å². The minimum Gasteiger partial charge on any atom is -0.245 e. The molecule has 0 saturated heterocycles. The number of aromatic amines is 1. The van der Waals surface area contributed by atoms with Crippen molar-refractivity contribution in [3.63, 3.8) is 0 Å². The Labute approximate surface area is 110 Å². The molecule has 92 valence electrons. The van der Waals surface area contributed by atoms with Gasteiger partial charge < -0.3 is 0 Å². The molecule has 2 heterocycles. The Kier molecular flexibility index (Phi) is 3.10. The van der Waals surface area contributed by atoms with Crippen LogP contribution in [-0.4, -0.2) is 25.6 Å². The van der Waals surface area contributed by atoms with Crippen LogP contribution in [0.4, 0.5) is 0 Å². The van der Waals surface area contributed by atoms with Gasteiger partial charge in [0, 0.05) is 0 Å². The molecule has 1 N–H and O–H groups in total. The van der Waals surface area contributed by atoms with E-state index in [2.05, 4.69) is 25.6 Å². The zero-order valence-corrected chi connectivity index (χ0v) is 10.1. The van der Waals surface area contributed by atoms with Gasteiger partial charge in [0.2, 0.25) is 5.82 Å². The van der Waals surface area contributed by atoms with Crippen LogP contribution in [0.15, 0.2) is 48.5 Å². The van der Waals surface area contributed by atoms with Gasteiger partial charge in [0.15, 0.2) is 0 Å². The van der Waals surface area contributed by atoms with Crippen LogP contribution in [-0.2, 0) is 0 Å². The van der Waals surface area contributed by atoms with Crippen LogP contribution in [0.25, 0.3) is 23.7 Å². The molecular formula is C14H11N5. The van der Waals surface area contributed by atoms with E-state index in [4.69, 9.17) is 0 Å². The molecule has 19 heavy (non-hydrogen) atoms. The second-order valence-electron chi connectivity index (χ2n) is 3.93. The van der Waals surface area contributed by atoms with Crippen LogP contribution >= 0.6 is 0 Å². The van der Waals surface area contributed by atoms with Gasteiger partial charge in [-0.2, -0.15) is 5.21 Å². The molecule has 0 amide bonds. The maximum absolute atomic E-state index is 4.46. The van der Waals surface area contributed by atoms with E-state index in [1.807, 2.05) is 60.7 Å². The summed E-state index contributed by atoms with van der Waals surface area (Å²) in [7, 11) is 0. The summed E-state index contributed by atoms with van der Waals surface area (Å²) in [6.45, 7) is 0. The summed E-state index contributed by atoms with van der Waals surface area (Å²) < 4.78 is 0. The summed E-state index contributed by atoms with van der Waals surface area (Å²) in [5, 5.41) is 13.8. The van der Waals surface area contributed by atoms with Crippen molar-refractivity contribution in [3.8, 4) is 11.5 Å². The number of rotatable bonds is 3. The number of H-pyrrole nitrogens is 1. The van der Waals surface area contributed by atoms with Gasteiger partial charge >= 0.3 is 0 Å². The molecule has 0 radical (unpaired) electrons. The average molecular weight is 249 g/mol. The molecule has 0 aliphatic carbocycles. The summed E-state index contributed by atoms with van der Waals surface area (Å²) in [4.78, 5) is 4.46. The van der Waals surface area contributed by atoms with Crippen LogP contribution < -0.4 is 0 Å². The fourth-order valence-electron chi connectivity index (χ4n) is 1.68. The lowest BCUT2D eigenvalue weighted by atomic mass is 10.2. The summed E-state index contributed by atoms with van der Waals surface area (Å²) in [6.07, 6.45) is 3.97. The number of nitrogens with one attached hydrogen (secondary N) is 1. The molecule has 5 nitrogen and oxygen atoms in total. The van der Waals surface area contributed by atoms with E-state index < -0.39 is 0 Å². The standard InChI is InChI=1S/C14H11N5/c1-2-5-11(6-3-1)9-10-12-7-4-8-13(15-12)14-16-18-19-17-14/h1-10H,(H,16,17,18,19)/b10-9+. The highest BCUT2D eigenvalue weighted by atomic mass is 15.5. The van der Waals surface area contributed by atoms with E-state index in [0.717, 1.165) is 11.3 Å². The highest BCUT2D eigenvalue weighted by Gasteiger charge is 2.03. The third kappa shape index (κ3) is 2.71. The quantitative estimate of drug-likeness (QED) is 0.774. The predicted octanol–water partition coefficient (Wildman–Crippen LogP) is 2.43. The highest BCUT2D eigenvalue weighted by molar-refractivity contribution is 5.68. The molecule has 0 bridgehead atoms. The second kappa shape index (κ2) is 5.22. The first-order valence-corrected chi connectivity index (χ1v) is 5.86. The van der Waals surface area contributed by atoms with E-state index in [-0.39, 0.29) is 0 Å². The largest absolute Gasteiger partial charge is 0.245 e. The summed E-state index contributed by atoms with van der Waals surface area (Å²) in [5.41, 5.74) is 2.68. The van der Waals surface area contributed by atoms with E-state index in [0.29, 0.717) is 11.5 Å². The van der Waals surface area contributed by atoms with Crippen molar-refractivity contribution >= 4 is 12.2 Å². The Morgan fingerprint density at radius 3 is 2.58 bits per heavy atom. The van der Waals surface area contributed by atoms with Crippen LogP contribution in [0.2, 0.25) is 0 Å². The summed E-state index contributed by atoms with van der Waals surface area (Å²) in [6, 6.07) is 15.8. The van der Waals surface area contributed by atoms with E-state index in [1.165, 1.54) is 0 Å². The Balaban J connectivity index is 1.86. The van der Waals surface area contributed by atoms with Crippen molar-refractivity contribution in [2.75, 3.05) is 0 Å². The van der Waals surface area contributed by atoms with Gasteiger partial charge in [0.1, 0.15) is 5.69 Å². The monoisotopic (exact) mass is 249 g/mol. The molecule has 0 atom stereocenters. The molecule has 5 heteroatoms. The molecule has 1 aromatic carbocycles. The predicted molar refractivity (Wildman–Crippen MR) is 72.8 cm³/mol. The number of benzene rings is 1. The molecule has 0 aliphatic heterocycles. The maximum atomic E-state index is 4.46. The number of hydrogen-bond acceptors (Lipinski definition) is 4. The minimum atomic E-state index is 0.495.